The molecule has 0 amide bonds. The molecule has 0 unspecified atom stereocenters. The normalized spacial score (nSPS) is 11.2. The summed E-state index contributed by atoms with van der Waals surface area (Å²) in [6.07, 6.45) is 0. The van der Waals surface area contributed by atoms with Gasteiger partial charge in [0.25, 0.3) is 0 Å². The number of benzene rings is 1. The van der Waals surface area contributed by atoms with E-state index in [0.29, 0.717) is 4.90 Å². The van der Waals surface area contributed by atoms with E-state index in [0.717, 1.165) is 5.75 Å². The molecule has 17 heavy (non-hydrogen) atoms. The van der Waals surface area contributed by atoms with Crippen molar-refractivity contribution in [1.29, 1.82) is 0 Å². The Balaban J connectivity index is 2.93. The fourth-order valence-electron chi connectivity index (χ4n) is 1.18. The number of carbonyl (C=O) groups is 2. The van der Waals surface area contributed by atoms with Gasteiger partial charge in [0.05, 0.1) is 0 Å². The average Bonchev–Trinajstić information content (AvgIpc) is 2.24. The van der Waals surface area contributed by atoms with Gasteiger partial charge < -0.3 is 9.90 Å². The number of hydrogen-bond acceptors (Lipinski definition) is 4. The summed E-state index contributed by atoms with van der Waals surface area (Å²) in [6, 6.07) is 6.71. The lowest BCUT2D eigenvalue weighted by Gasteiger charge is -2.18. The van der Waals surface area contributed by atoms with Crippen molar-refractivity contribution in [3.8, 4) is 0 Å². The van der Waals surface area contributed by atoms with Gasteiger partial charge in [0, 0.05) is 16.2 Å². The molecule has 0 N–H and O–H groups in total. The number of carbonyl (C=O) groups excluding carboxylic acids is 2. The summed E-state index contributed by atoms with van der Waals surface area (Å²) in [4.78, 5) is 22.7. The maximum absolute atomic E-state index is 11.4. The predicted molar refractivity (Wildman–Crippen MR) is 66.0 cm³/mol. The zero-order valence-corrected chi connectivity index (χ0v) is 11.0. The number of Topliss-reactive ketones (excluding diaryl/α,β-unsaturated/α-hetero) is 1. The molecule has 0 heterocycles. The van der Waals surface area contributed by atoms with Crippen LogP contribution < -0.4 is 5.11 Å². The first-order valence-electron chi connectivity index (χ1n) is 5.29. The Morgan fingerprint density at radius 3 is 2.35 bits per heavy atom. The Labute approximate surface area is 105 Å². The molecule has 3 nitrogen and oxygen atoms in total. The van der Waals surface area contributed by atoms with Gasteiger partial charge in [-0.15, -0.1) is 11.8 Å². The molecule has 0 bridgehead atoms. The van der Waals surface area contributed by atoms with E-state index in [1.807, 2.05) is 0 Å². The molecule has 0 saturated heterocycles. The SMILES string of the molecule is CC(C)(C)CSc1ccccc1C(=O)C(=O)[O-]. The lowest BCUT2D eigenvalue weighted by Crippen LogP contribution is -2.31. The van der Waals surface area contributed by atoms with Crippen LogP contribution in [0, 0.1) is 5.41 Å². The highest BCUT2D eigenvalue weighted by molar-refractivity contribution is 7.99. The van der Waals surface area contributed by atoms with Crippen molar-refractivity contribution in [2.75, 3.05) is 5.75 Å². The molecule has 0 saturated carbocycles. The molecule has 1 aromatic rings. The van der Waals surface area contributed by atoms with Gasteiger partial charge in [-0.05, 0) is 17.5 Å². The minimum absolute atomic E-state index is 0.113. The zero-order chi connectivity index (χ0) is 13.1. The number of aliphatic carboxylic acids is 1. The zero-order valence-electron chi connectivity index (χ0n) is 10.1. The first-order valence-corrected chi connectivity index (χ1v) is 6.27. The van der Waals surface area contributed by atoms with Crippen LogP contribution in [0.4, 0.5) is 0 Å². The lowest BCUT2D eigenvalue weighted by atomic mass is 10.0. The maximum atomic E-state index is 11.4. The molecule has 0 spiro atoms. The van der Waals surface area contributed by atoms with E-state index in [1.54, 1.807) is 18.2 Å². The van der Waals surface area contributed by atoms with E-state index in [2.05, 4.69) is 20.8 Å². The molecule has 0 aromatic heterocycles. The molecule has 0 fully saturated rings. The van der Waals surface area contributed by atoms with Crippen LogP contribution in [0.5, 0.6) is 0 Å². The Hall–Kier alpha value is -1.29. The van der Waals surface area contributed by atoms with Gasteiger partial charge in [-0.1, -0.05) is 32.9 Å². The number of carboxylic acid groups (broad SMARTS) is 1. The quantitative estimate of drug-likeness (QED) is 0.465. The Bertz CT molecular complexity index is 433. The number of thioether (sulfide) groups is 1. The van der Waals surface area contributed by atoms with E-state index in [4.69, 9.17) is 0 Å². The summed E-state index contributed by atoms with van der Waals surface area (Å²) in [5, 5.41) is 10.6. The standard InChI is InChI=1S/C13H16O3S/c1-13(2,3)8-17-10-7-5-4-6-9(10)11(14)12(15)16/h4-7H,8H2,1-3H3,(H,15,16)/p-1. The van der Waals surface area contributed by atoms with Gasteiger partial charge in [0.2, 0.25) is 5.78 Å². The van der Waals surface area contributed by atoms with Crippen LogP contribution >= 0.6 is 11.8 Å². The molecule has 1 rings (SSSR count). The number of ketones is 1. The fraction of sp³-hybridized carbons (Fsp3) is 0.385. The number of rotatable bonds is 4. The molecule has 0 atom stereocenters. The van der Waals surface area contributed by atoms with Gasteiger partial charge >= 0.3 is 0 Å². The minimum atomic E-state index is -1.66. The van der Waals surface area contributed by atoms with Crippen LogP contribution in [0.3, 0.4) is 0 Å². The average molecular weight is 251 g/mol. The maximum Gasteiger partial charge on any atom is 0.209 e. The number of hydrogen-bond donors (Lipinski definition) is 0. The highest BCUT2D eigenvalue weighted by Crippen LogP contribution is 2.29. The summed E-state index contributed by atoms with van der Waals surface area (Å²) < 4.78 is 0. The number of carboxylic acids is 1. The Kier molecular flexibility index (Phi) is 4.34. The minimum Gasteiger partial charge on any atom is -0.541 e. The van der Waals surface area contributed by atoms with Crippen molar-refractivity contribution in [3.05, 3.63) is 29.8 Å². The van der Waals surface area contributed by atoms with Gasteiger partial charge in [0.1, 0.15) is 5.97 Å². The summed E-state index contributed by atoms with van der Waals surface area (Å²) in [5.41, 5.74) is 0.323. The van der Waals surface area contributed by atoms with Crippen molar-refractivity contribution in [1.82, 2.24) is 0 Å². The summed E-state index contributed by atoms with van der Waals surface area (Å²) in [7, 11) is 0. The van der Waals surface area contributed by atoms with Crippen LogP contribution in [0.25, 0.3) is 0 Å². The van der Waals surface area contributed by atoms with Crippen LogP contribution in [0.1, 0.15) is 31.1 Å². The van der Waals surface area contributed by atoms with Crippen LogP contribution in [0.2, 0.25) is 0 Å². The van der Waals surface area contributed by atoms with E-state index >= 15 is 0 Å². The first-order chi connectivity index (χ1) is 7.81. The Morgan fingerprint density at radius 2 is 1.82 bits per heavy atom. The molecule has 1 aromatic carbocycles. The summed E-state index contributed by atoms with van der Waals surface area (Å²) in [5.74, 6) is -1.81. The smallest absolute Gasteiger partial charge is 0.209 e. The largest absolute Gasteiger partial charge is 0.541 e. The molecule has 0 aliphatic carbocycles. The van der Waals surface area contributed by atoms with Crippen molar-refractivity contribution >= 4 is 23.5 Å². The third kappa shape index (κ3) is 4.23. The molecular weight excluding hydrogens is 236 g/mol. The monoisotopic (exact) mass is 251 g/mol. The summed E-state index contributed by atoms with van der Waals surface area (Å²) >= 11 is 1.49. The van der Waals surface area contributed by atoms with Crippen LogP contribution in [0.15, 0.2) is 29.2 Å². The second-order valence-corrected chi connectivity index (χ2v) is 5.98. The fourth-order valence-corrected chi connectivity index (χ4v) is 2.26. The van der Waals surface area contributed by atoms with E-state index in [-0.39, 0.29) is 11.0 Å². The Morgan fingerprint density at radius 1 is 1.24 bits per heavy atom. The lowest BCUT2D eigenvalue weighted by molar-refractivity contribution is -0.296. The predicted octanol–water partition coefficient (Wildman–Crippen LogP) is 1.76. The van der Waals surface area contributed by atoms with Crippen molar-refractivity contribution in [2.45, 2.75) is 25.7 Å². The molecule has 0 aliphatic heterocycles. The van der Waals surface area contributed by atoms with Gasteiger partial charge in [-0.25, -0.2) is 0 Å². The van der Waals surface area contributed by atoms with Crippen molar-refractivity contribution < 1.29 is 14.7 Å². The van der Waals surface area contributed by atoms with E-state index < -0.39 is 11.8 Å². The van der Waals surface area contributed by atoms with Crippen molar-refractivity contribution in [3.63, 3.8) is 0 Å². The van der Waals surface area contributed by atoms with Crippen molar-refractivity contribution in [2.24, 2.45) is 5.41 Å². The topological polar surface area (TPSA) is 57.2 Å². The first kappa shape index (κ1) is 13.8. The third-order valence-corrected chi connectivity index (χ3v) is 3.66. The van der Waals surface area contributed by atoms with Crippen LogP contribution in [-0.2, 0) is 4.79 Å². The third-order valence-electron chi connectivity index (χ3n) is 1.98. The molecular formula is C13H15O3S-. The highest BCUT2D eigenvalue weighted by atomic mass is 32.2. The van der Waals surface area contributed by atoms with E-state index in [1.165, 1.54) is 17.8 Å². The molecule has 92 valence electrons. The summed E-state index contributed by atoms with van der Waals surface area (Å²) in [6.45, 7) is 6.26. The highest BCUT2D eigenvalue weighted by Gasteiger charge is 2.15. The second kappa shape index (κ2) is 5.36. The van der Waals surface area contributed by atoms with E-state index in [9.17, 15) is 14.7 Å². The molecule has 0 aliphatic rings. The molecule has 0 radical (unpaired) electrons. The van der Waals surface area contributed by atoms with Gasteiger partial charge in [-0.2, -0.15) is 0 Å². The molecule has 4 heteroatoms. The van der Waals surface area contributed by atoms with Gasteiger partial charge in [-0.3, -0.25) is 4.79 Å². The van der Waals surface area contributed by atoms with Gasteiger partial charge in [0.15, 0.2) is 0 Å². The second-order valence-electron chi connectivity index (χ2n) is 4.96. The van der Waals surface area contributed by atoms with Crippen LogP contribution in [-0.4, -0.2) is 17.5 Å².